The zero-order chi connectivity index (χ0) is 18.4. The number of rotatable bonds is 6. The van der Waals surface area contributed by atoms with Crippen LogP contribution in [0.15, 0.2) is 72.8 Å². The van der Waals surface area contributed by atoms with E-state index in [1.807, 2.05) is 49.4 Å². The van der Waals surface area contributed by atoms with Crippen molar-refractivity contribution in [1.82, 2.24) is 0 Å². The van der Waals surface area contributed by atoms with E-state index in [4.69, 9.17) is 21.1 Å². The molecule has 0 saturated carbocycles. The molecule has 0 unspecified atom stereocenters. The fraction of sp³-hybridized carbons (Fsp3) is 0.0952. The molecule has 4 nitrogen and oxygen atoms in total. The number of nitrogens with one attached hydrogen (secondary N) is 1. The third-order valence-corrected chi connectivity index (χ3v) is 3.86. The number of aryl methyl sites for hydroxylation is 1. The van der Waals surface area contributed by atoms with E-state index < -0.39 is 0 Å². The van der Waals surface area contributed by atoms with Gasteiger partial charge in [-0.1, -0.05) is 41.9 Å². The Bertz CT molecular complexity index is 897. The Kier molecular flexibility index (Phi) is 5.77. The van der Waals surface area contributed by atoms with Crippen LogP contribution in [-0.2, 0) is 4.79 Å². The average molecular weight is 368 g/mol. The highest BCUT2D eigenvalue weighted by atomic mass is 35.5. The maximum atomic E-state index is 12.3. The summed E-state index contributed by atoms with van der Waals surface area (Å²) in [5.41, 5.74) is 1.45. The molecule has 0 fully saturated rings. The van der Waals surface area contributed by atoms with Gasteiger partial charge in [-0.15, -0.1) is 0 Å². The van der Waals surface area contributed by atoms with E-state index in [9.17, 15) is 4.79 Å². The predicted molar refractivity (Wildman–Crippen MR) is 103 cm³/mol. The van der Waals surface area contributed by atoms with Crippen LogP contribution in [0.2, 0.25) is 5.02 Å². The summed E-state index contributed by atoms with van der Waals surface area (Å²) in [4.78, 5) is 12.3. The van der Waals surface area contributed by atoms with Crippen molar-refractivity contribution in [2.24, 2.45) is 0 Å². The van der Waals surface area contributed by atoms with Crippen molar-refractivity contribution in [3.8, 4) is 17.2 Å². The lowest BCUT2D eigenvalue weighted by Crippen LogP contribution is -2.20. The van der Waals surface area contributed by atoms with Crippen LogP contribution < -0.4 is 14.8 Å². The van der Waals surface area contributed by atoms with Gasteiger partial charge in [-0.2, -0.15) is 0 Å². The minimum absolute atomic E-state index is 0.109. The number of hydrogen-bond acceptors (Lipinski definition) is 3. The second-order valence-electron chi connectivity index (χ2n) is 5.66. The first-order chi connectivity index (χ1) is 12.6. The minimum Gasteiger partial charge on any atom is -0.483 e. The molecule has 5 heteroatoms. The molecular weight excluding hydrogens is 350 g/mol. The predicted octanol–water partition coefficient (Wildman–Crippen LogP) is 5.46. The van der Waals surface area contributed by atoms with E-state index >= 15 is 0 Å². The Morgan fingerprint density at radius 2 is 1.69 bits per heavy atom. The maximum absolute atomic E-state index is 12.3. The van der Waals surface area contributed by atoms with Crippen molar-refractivity contribution in [1.29, 1.82) is 0 Å². The summed E-state index contributed by atoms with van der Waals surface area (Å²) in [6.07, 6.45) is 0. The molecule has 3 rings (SSSR count). The van der Waals surface area contributed by atoms with Crippen LogP contribution in [0, 0.1) is 6.92 Å². The van der Waals surface area contributed by atoms with E-state index in [2.05, 4.69) is 5.32 Å². The van der Waals surface area contributed by atoms with Crippen molar-refractivity contribution in [3.63, 3.8) is 0 Å². The molecule has 3 aromatic rings. The van der Waals surface area contributed by atoms with Crippen LogP contribution >= 0.6 is 11.6 Å². The van der Waals surface area contributed by atoms with E-state index in [-0.39, 0.29) is 12.5 Å². The first-order valence-electron chi connectivity index (χ1n) is 8.12. The van der Waals surface area contributed by atoms with Gasteiger partial charge in [-0.25, -0.2) is 0 Å². The van der Waals surface area contributed by atoms with Gasteiger partial charge in [0.2, 0.25) is 0 Å². The van der Waals surface area contributed by atoms with E-state index in [0.29, 0.717) is 28.0 Å². The molecule has 3 aromatic carbocycles. The van der Waals surface area contributed by atoms with Crippen LogP contribution in [0.25, 0.3) is 0 Å². The number of halogens is 1. The largest absolute Gasteiger partial charge is 0.483 e. The fourth-order valence-corrected chi connectivity index (χ4v) is 2.61. The van der Waals surface area contributed by atoms with Crippen LogP contribution in [0.5, 0.6) is 17.2 Å². The molecule has 0 heterocycles. The Balaban J connectivity index is 1.64. The summed E-state index contributed by atoms with van der Waals surface area (Å²) in [5.74, 6) is 1.61. The summed E-state index contributed by atoms with van der Waals surface area (Å²) < 4.78 is 11.4. The summed E-state index contributed by atoms with van der Waals surface area (Å²) in [6.45, 7) is 1.77. The van der Waals surface area contributed by atoms with Gasteiger partial charge in [0.15, 0.2) is 12.4 Å². The van der Waals surface area contributed by atoms with Crippen molar-refractivity contribution >= 4 is 23.2 Å². The number of amides is 1. The summed E-state index contributed by atoms with van der Waals surface area (Å²) in [6, 6.07) is 21.9. The number of anilines is 1. The van der Waals surface area contributed by atoms with E-state index in [1.54, 1.807) is 30.3 Å². The highest BCUT2D eigenvalue weighted by molar-refractivity contribution is 6.30. The van der Waals surface area contributed by atoms with Gasteiger partial charge >= 0.3 is 0 Å². The maximum Gasteiger partial charge on any atom is 0.262 e. The Labute approximate surface area is 157 Å². The lowest BCUT2D eigenvalue weighted by Gasteiger charge is -2.13. The Morgan fingerprint density at radius 1 is 0.962 bits per heavy atom. The second kappa shape index (κ2) is 8.41. The van der Waals surface area contributed by atoms with Crippen LogP contribution in [0.1, 0.15) is 5.56 Å². The molecule has 132 valence electrons. The quantitative estimate of drug-likeness (QED) is 0.629. The third kappa shape index (κ3) is 4.77. The molecule has 0 aromatic heterocycles. The monoisotopic (exact) mass is 367 g/mol. The van der Waals surface area contributed by atoms with Gasteiger partial charge in [-0.05, 0) is 55.0 Å². The molecule has 0 spiro atoms. The van der Waals surface area contributed by atoms with Gasteiger partial charge in [0, 0.05) is 5.02 Å². The lowest BCUT2D eigenvalue weighted by atomic mass is 10.2. The van der Waals surface area contributed by atoms with E-state index in [1.165, 1.54) is 0 Å². The molecule has 0 bridgehead atoms. The number of ether oxygens (including phenoxy) is 2. The molecule has 1 N–H and O–H groups in total. The normalized spacial score (nSPS) is 10.2. The Morgan fingerprint density at radius 3 is 2.46 bits per heavy atom. The van der Waals surface area contributed by atoms with Gasteiger partial charge in [-0.3, -0.25) is 4.79 Å². The number of hydrogen-bond donors (Lipinski definition) is 1. The van der Waals surface area contributed by atoms with Gasteiger partial charge in [0.25, 0.3) is 5.91 Å². The smallest absolute Gasteiger partial charge is 0.262 e. The Hall–Kier alpha value is -2.98. The topological polar surface area (TPSA) is 47.6 Å². The SMILES string of the molecule is Cc1cc(Cl)ccc1OCC(=O)Nc1ccccc1Oc1ccccc1. The zero-order valence-electron chi connectivity index (χ0n) is 14.2. The molecule has 1 amide bonds. The van der Waals surface area contributed by atoms with Crippen molar-refractivity contribution in [3.05, 3.63) is 83.4 Å². The molecule has 0 atom stereocenters. The molecule has 0 aliphatic carbocycles. The standard InChI is InChI=1S/C21H18ClNO3/c1-15-13-16(22)11-12-19(15)25-14-21(24)23-18-9-5-6-10-20(18)26-17-7-3-2-4-8-17/h2-13H,14H2,1H3,(H,23,24). The number of carbonyl (C=O) groups excluding carboxylic acids is 1. The molecular formula is C21H18ClNO3. The van der Waals surface area contributed by atoms with Gasteiger partial charge < -0.3 is 14.8 Å². The zero-order valence-corrected chi connectivity index (χ0v) is 15.0. The summed E-state index contributed by atoms with van der Waals surface area (Å²) >= 11 is 5.92. The van der Waals surface area contributed by atoms with Gasteiger partial charge in [0.05, 0.1) is 5.69 Å². The van der Waals surface area contributed by atoms with Gasteiger partial charge in [0.1, 0.15) is 11.5 Å². The van der Waals surface area contributed by atoms with Crippen molar-refractivity contribution in [2.45, 2.75) is 6.92 Å². The minimum atomic E-state index is -0.275. The number of carbonyl (C=O) groups is 1. The van der Waals surface area contributed by atoms with Crippen molar-refractivity contribution < 1.29 is 14.3 Å². The second-order valence-corrected chi connectivity index (χ2v) is 6.09. The van der Waals surface area contributed by atoms with E-state index in [0.717, 1.165) is 5.56 Å². The fourth-order valence-electron chi connectivity index (χ4n) is 2.38. The van der Waals surface area contributed by atoms with Crippen LogP contribution in [0.3, 0.4) is 0 Å². The first kappa shape index (κ1) is 17.8. The average Bonchev–Trinajstić information content (AvgIpc) is 2.63. The third-order valence-electron chi connectivity index (χ3n) is 3.63. The molecule has 0 aliphatic rings. The number of benzene rings is 3. The van der Waals surface area contributed by atoms with Crippen LogP contribution in [-0.4, -0.2) is 12.5 Å². The molecule has 26 heavy (non-hydrogen) atoms. The molecule has 0 aliphatic heterocycles. The summed E-state index contributed by atoms with van der Waals surface area (Å²) in [7, 11) is 0. The molecule has 0 saturated heterocycles. The molecule has 0 radical (unpaired) electrons. The van der Waals surface area contributed by atoms with Crippen LogP contribution in [0.4, 0.5) is 5.69 Å². The highest BCUT2D eigenvalue weighted by Crippen LogP contribution is 2.29. The number of para-hydroxylation sites is 3. The summed E-state index contributed by atoms with van der Waals surface area (Å²) in [5, 5.41) is 3.45. The first-order valence-corrected chi connectivity index (χ1v) is 8.50. The van der Waals surface area contributed by atoms with Crippen molar-refractivity contribution in [2.75, 3.05) is 11.9 Å². The lowest BCUT2D eigenvalue weighted by molar-refractivity contribution is -0.118. The highest BCUT2D eigenvalue weighted by Gasteiger charge is 2.10.